The van der Waals surface area contributed by atoms with Crippen molar-refractivity contribution >= 4 is 21.6 Å². The summed E-state index contributed by atoms with van der Waals surface area (Å²) in [5.74, 6) is 0.432. The number of sulfonamides is 1. The normalized spacial score (nSPS) is 21.1. The SMILES string of the molecule is CCC(CC)N(CCCl)S(=O)(=O)CC1CCCO1. The van der Waals surface area contributed by atoms with Crippen LogP contribution < -0.4 is 0 Å². The largest absolute Gasteiger partial charge is 0.377 e. The first-order chi connectivity index (χ1) is 8.55. The molecular weight excluding hydrogens is 274 g/mol. The second-order valence-electron chi connectivity index (χ2n) is 4.68. The summed E-state index contributed by atoms with van der Waals surface area (Å²) in [5, 5.41) is 0. The van der Waals surface area contributed by atoms with Gasteiger partial charge < -0.3 is 4.74 Å². The third-order valence-corrected chi connectivity index (χ3v) is 5.59. The van der Waals surface area contributed by atoms with E-state index in [2.05, 4.69) is 0 Å². The maximum absolute atomic E-state index is 12.4. The van der Waals surface area contributed by atoms with Gasteiger partial charge >= 0.3 is 0 Å². The maximum Gasteiger partial charge on any atom is 0.216 e. The topological polar surface area (TPSA) is 46.6 Å². The Labute approximate surface area is 116 Å². The van der Waals surface area contributed by atoms with Crippen LogP contribution in [0.1, 0.15) is 39.5 Å². The fourth-order valence-electron chi connectivity index (χ4n) is 2.43. The van der Waals surface area contributed by atoms with E-state index in [4.69, 9.17) is 16.3 Å². The third-order valence-electron chi connectivity index (χ3n) is 3.43. The first-order valence-electron chi connectivity index (χ1n) is 6.72. The molecule has 1 fully saturated rings. The van der Waals surface area contributed by atoms with Crippen LogP contribution in [-0.2, 0) is 14.8 Å². The van der Waals surface area contributed by atoms with E-state index in [0.717, 1.165) is 25.7 Å². The van der Waals surface area contributed by atoms with Gasteiger partial charge in [-0.25, -0.2) is 8.42 Å². The molecule has 0 aliphatic carbocycles. The molecule has 0 amide bonds. The second kappa shape index (κ2) is 7.68. The zero-order valence-corrected chi connectivity index (χ0v) is 12.8. The first-order valence-corrected chi connectivity index (χ1v) is 8.86. The van der Waals surface area contributed by atoms with Crippen LogP contribution in [-0.4, -0.2) is 49.7 Å². The number of alkyl halides is 1. The zero-order valence-electron chi connectivity index (χ0n) is 11.3. The molecule has 0 aromatic heterocycles. The molecule has 0 N–H and O–H groups in total. The van der Waals surface area contributed by atoms with Gasteiger partial charge in [-0.2, -0.15) is 4.31 Å². The first kappa shape index (κ1) is 16.2. The Bertz CT molecular complexity index is 324. The van der Waals surface area contributed by atoms with Crippen molar-refractivity contribution in [3.05, 3.63) is 0 Å². The van der Waals surface area contributed by atoms with E-state index in [-0.39, 0.29) is 17.9 Å². The van der Waals surface area contributed by atoms with Crippen LogP contribution in [0.4, 0.5) is 0 Å². The number of nitrogens with zero attached hydrogens (tertiary/aromatic N) is 1. The minimum absolute atomic E-state index is 0.0511. The molecule has 0 bridgehead atoms. The molecule has 0 spiro atoms. The summed E-state index contributed by atoms with van der Waals surface area (Å²) in [6.45, 7) is 5.09. The summed E-state index contributed by atoms with van der Waals surface area (Å²) < 4.78 is 31.8. The van der Waals surface area contributed by atoms with Gasteiger partial charge in [0.15, 0.2) is 0 Å². The fourth-order valence-corrected chi connectivity index (χ4v) is 4.76. The van der Waals surface area contributed by atoms with E-state index in [0.29, 0.717) is 19.0 Å². The van der Waals surface area contributed by atoms with Crippen LogP contribution in [0.25, 0.3) is 0 Å². The summed E-state index contributed by atoms with van der Waals surface area (Å²) in [6, 6.07) is 0.0511. The van der Waals surface area contributed by atoms with Crippen LogP contribution in [0.3, 0.4) is 0 Å². The van der Waals surface area contributed by atoms with E-state index in [1.165, 1.54) is 0 Å². The third kappa shape index (κ3) is 4.37. The predicted octanol–water partition coefficient (Wildman–Crippen LogP) is 2.22. The van der Waals surface area contributed by atoms with Crippen molar-refractivity contribution in [2.45, 2.75) is 51.7 Å². The van der Waals surface area contributed by atoms with Gasteiger partial charge in [0.05, 0.1) is 11.9 Å². The standard InChI is InChI=1S/C12H24ClNO3S/c1-3-11(4-2)14(8-7-13)18(15,16)10-12-6-5-9-17-12/h11-12H,3-10H2,1-2H3. The summed E-state index contributed by atoms with van der Waals surface area (Å²) in [7, 11) is -3.27. The van der Waals surface area contributed by atoms with E-state index in [9.17, 15) is 8.42 Å². The molecule has 1 saturated heterocycles. The molecular formula is C12H24ClNO3S. The quantitative estimate of drug-likeness (QED) is 0.646. The monoisotopic (exact) mass is 297 g/mol. The van der Waals surface area contributed by atoms with Crippen LogP contribution in [0, 0.1) is 0 Å². The molecule has 108 valence electrons. The zero-order chi connectivity index (χ0) is 13.6. The minimum atomic E-state index is -3.27. The Morgan fingerprint density at radius 3 is 2.50 bits per heavy atom. The molecule has 1 unspecified atom stereocenters. The van der Waals surface area contributed by atoms with E-state index < -0.39 is 10.0 Å². The highest BCUT2D eigenvalue weighted by atomic mass is 35.5. The highest BCUT2D eigenvalue weighted by Gasteiger charge is 2.31. The highest BCUT2D eigenvalue weighted by Crippen LogP contribution is 2.20. The Morgan fingerprint density at radius 1 is 1.39 bits per heavy atom. The Morgan fingerprint density at radius 2 is 2.06 bits per heavy atom. The van der Waals surface area contributed by atoms with Crippen molar-refractivity contribution in [2.24, 2.45) is 0 Å². The van der Waals surface area contributed by atoms with Crippen LogP contribution in [0.5, 0.6) is 0 Å². The number of hydrogen-bond acceptors (Lipinski definition) is 3. The van der Waals surface area contributed by atoms with Crippen LogP contribution >= 0.6 is 11.6 Å². The molecule has 1 atom stereocenters. The number of halogens is 1. The average molecular weight is 298 g/mol. The van der Waals surface area contributed by atoms with Gasteiger partial charge in [-0.3, -0.25) is 0 Å². The van der Waals surface area contributed by atoms with Crippen molar-refractivity contribution in [3.63, 3.8) is 0 Å². The van der Waals surface area contributed by atoms with E-state index >= 15 is 0 Å². The molecule has 1 heterocycles. The minimum Gasteiger partial charge on any atom is -0.377 e. The molecule has 0 aromatic rings. The molecule has 4 nitrogen and oxygen atoms in total. The van der Waals surface area contributed by atoms with E-state index in [1.807, 2.05) is 13.8 Å². The van der Waals surface area contributed by atoms with Crippen molar-refractivity contribution in [3.8, 4) is 0 Å². The molecule has 1 aliphatic heterocycles. The summed E-state index contributed by atoms with van der Waals surface area (Å²) in [4.78, 5) is 0. The van der Waals surface area contributed by atoms with Gasteiger partial charge in [0.1, 0.15) is 0 Å². The number of rotatable bonds is 8. The molecule has 18 heavy (non-hydrogen) atoms. The van der Waals surface area contributed by atoms with E-state index in [1.54, 1.807) is 4.31 Å². The lowest BCUT2D eigenvalue weighted by Gasteiger charge is -2.29. The van der Waals surface area contributed by atoms with Crippen LogP contribution in [0.15, 0.2) is 0 Å². The summed E-state index contributed by atoms with van der Waals surface area (Å²) >= 11 is 5.74. The van der Waals surface area contributed by atoms with Crippen molar-refractivity contribution in [1.82, 2.24) is 4.31 Å². The second-order valence-corrected chi connectivity index (χ2v) is 7.03. The van der Waals surface area contributed by atoms with Crippen molar-refractivity contribution < 1.29 is 13.2 Å². The van der Waals surface area contributed by atoms with Gasteiger partial charge in [0, 0.05) is 25.1 Å². The summed E-state index contributed by atoms with van der Waals surface area (Å²) in [6.07, 6.45) is 3.30. The van der Waals surface area contributed by atoms with Gasteiger partial charge in [-0.15, -0.1) is 11.6 Å². The lowest BCUT2D eigenvalue weighted by molar-refractivity contribution is 0.126. The molecule has 0 aromatic carbocycles. The van der Waals surface area contributed by atoms with Gasteiger partial charge in [0.25, 0.3) is 0 Å². The molecule has 0 saturated carbocycles. The van der Waals surface area contributed by atoms with Crippen LogP contribution in [0.2, 0.25) is 0 Å². The lowest BCUT2D eigenvalue weighted by Crippen LogP contribution is -2.44. The molecule has 1 aliphatic rings. The van der Waals surface area contributed by atoms with Gasteiger partial charge in [-0.1, -0.05) is 13.8 Å². The van der Waals surface area contributed by atoms with Gasteiger partial charge in [0.2, 0.25) is 10.0 Å². The Hall–Kier alpha value is 0.160. The lowest BCUT2D eigenvalue weighted by atomic mass is 10.2. The van der Waals surface area contributed by atoms with Gasteiger partial charge in [-0.05, 0) is 25.7 Å². The molecule has 6 heteroatoms. The maximum atomic E-state index is 12.4. The average Bonchev–Trinajstić information content (AvgIpc) is 2.81. The molecule has 0 radical (unpaired) electrons. The predicted molar refractivity (Wildman–Crippen MR) is 74.6 cm³/mol. The highest BCUT2D eigenvalue weighted by molar-refractivity contribution is 7.89. The fraction of sp³-hybridized carbons (Fsp3) is 1.00. The molecule has 1 rings (SSSR count). The number of hydrogen-bond donors (Lipinski definition) is 0. The van der Waals surface area contributed by atoms with Crippen molar-refractivity contribution in [2.75, 3.05) is 24.8 Å². The number of ether oxygens (including phenoxy) is 1. The van der Waals surface area contributed by atoms with Crippen molar-refractivity contribution in [1.29, 1.82) is 0 Å². The summed E-state index contributed by atoms with van der Waals surface area (Å²) in [5.41, 5.74) is 0. The smallest absolute Gasteiger partial charge is 0.216 e. The Balaban J connectivity index is 2.74. The Kier molecular flexibility index (Phi) is 6.92.